The summed E-state index contributed by atoms with van der Waals surface area (Å²) in [5.41, 5.74) is 1.32. The van der Waals surface area contributed by atoms with E-state index < -0.39 is 0 Å². The summed E-state index contributed by atoms with van der Waals surface area (Å²) < 4.78 is 5.17. The second kappa shape index (κ2) is 7.61. The van der Waals surface area contributed by atoms with Crippen LogP contribution in [0.25, 0.3) is 0 Å². The number of aromatic nitrogens is 2. The Balaban J connectivity index is 1.58. The molecule has 2 heterocycles. The van der Waals surface area contributed by atoms with Crippen LogP contribution in [0.3, 0.4) is 0 Å². The third kappa shape index (κ3) is 4.33. The van der Waals surface area contributed by atoms with Gasteiger partial charge in [0, 0.05) is 17.8 Å². The van der Waals surface area contributed by atoms with E-state index in [2.05, 4.69) is 20.6 Å². The van der Waals surface area contributed by atoms with Crippen molar-refractivity contribution in [3.05, 3.63) is 77.0 Å². The van der Waals surface area contributed by atoms with Gasteiger partial charge >= 0.3 is 0 Å². The molecule has 0 radical (unpaired) electrons. The molecule has 0 spiro atoms. The van der Waals surface area contributed by atoms with Gasteiger partial charge in [-0.05, 0) is 35.9 Å². The van der Waals surface area contributed by atoms with E-state index in [9.17, 15) is 4.79 Å². The van der Waals surface area contributed by atoms with Crippen molar-refractivity contribution >= 4 is 23.5 Å². The second-order valence-corrected chi connectivity index (χ2v) is 5.44. The van der Waals surface area contributed by atoms with Crippen LogP contribution < -0.4 is 10.6 Å². The topological polar surface area (TPSA) is 80.0 Å². The van der Waals surface area contributed by atoms with Crippen molar-refractivity contribution in [2.75, 3.05) is 5.32 Å². The summed E-state index contributed by atoms with van der Waals surface area (Å²) in [4.78, 5) is 20.5. The van der Waals surface area contributed by atoms with Gasteiger partial charge < -0.3 is 15.1 Å². The number of hydrogen-bond acceptors (Lipinski definition) is 5. The molecule has 0 unspecified atom stereocenters. The van der Waals surface area contributed by atoms with Gasteiger partial charge in [-0.3, -0.25) is 4.79 Å². The van der Waals surface area contributed by atoms with E-state index in [4.69, 9.17) is 16.0 Å². The molecule has 1 aromatic carbocycles. The average Bonchev–Trinajstić information content (AvgIpc) is 3.13. The maximum absolute atomic E-state index is 12.1. The number of halogens is 1. The molecule has 0 saturated heterocycles. The van der Waals surface area contributed by atoms with Crippen LogP contribution in [0.1, 0.15) is 21.8 Å². The highest BCUT2D eigenvalue weighted by molar-refractivity contribution is 6.30. The van der Waals surface area contributed by atoms with Gasteiger partial charge in [0.2, 0.25) is 5.95 Å². The van der Waals surface area contributed by atoms with Gasteiger partial charge in [0.15, 0.2) is 0 Å². The fourth-order valence-electron chi connectivity index (χ4n) is 2.02. The Morgan fingerprint density at radius 3 is 2.71 bits per heavy atom. The van der Waals surface area contributed by atoms with Crippen molar-refractivity contribution in [2.24, 2.45) is 0 Å². The van der Waals surface area contributed by atoms with Crippen LogP contribution in [0, 0.1) is 0 Å². The lowest BCUT2D eigenvalue weighted by atomic mass is 10.2. The largest absolute Gasteiger partial charge is 0.467 e. The van der Waals surface area contributed by atoms with Crippen molar-refractivity contribution < 1.29 is 9.21 Å². The summed E-state index contributed by atoms with van der Waals surface area (Å²) in [7, 11) is 0. The summed E-state index contributed by atoms with van der Waals surface area (Å²) >= 11 is 5.85. The van der Waals surface area contributed by atoms with Gasteiger partial charge in [0.1, 0.15) is 11.5 Å². The van der Waals surface area contributed by atoms with E-state index in [-0.39, 0.29) is 11.6 Å². The zero-order chi connectivity index (χ0) is 16.8. The summed E-state index contributed by atoms with van der Waals surface area (Å²) in [5.74, 6) is 0.775. The van der Waals surface area contributed by atoms with Gasteiger partial charge in [0.05, 0.1) is 12.8 Å². The van der Waals surface area contributed by atoms with Gasteiger partial charge in [0.25, 0.3) is 5.91 Å². The highest BCUT2D eigenvalue weighted by Crippen LogP contribution is 2.11. The third-order valence-corrected chi connectivity index (χ3v) is 3.51. The van der Waals surface area contributed by atoms with Gasteiger partial charge in [-0.15, -0.1) is 0 Å². The minimum atomic E-state index is -0.289. The molecule has 7 heteroatoms. The fourth-order valence-corrected chi connectivity index (χ4v) is 2.15. The van der Waals surface area contributed by atoms with Crippen molar-refractivity contribution in [1.29, 1.82) is 0 Å². The molecule has 0 fully saturated rings. The Bertz CT molecular complexity index is 804. The third-order valence-electron chi connectivity index (χ3n) is 3.26. The van der Waals surface area contributed by atoms with Crippen LogP contribution in [0.5, 0.6) is 0 Å². The average molecular weight is 343 g/mol. The number of rotatable bonds is 6. The van der Waals surface area contributed by atoms with Gasteiger partial charge in [-0.25, -0.2) is 9.97 Å². The smallest absolute Gasteiger partial charge is 0.270 e. The zero-order valence-corrected chi connectivity index (χ0v) is 13.5. The highest BCUT2D eigenvalue weighted by atomic mass is 35.5. The SMILES string of the molecule is O=C(NCc1ccco1)c1ccnc(NCc2ccc(Cl)cc2)n1. The molecule has 0 aliphatic heterocycles. The van der Waals surface area contributed by atoms with Crippen LogP contribution in [-0.2, 0) is 13.1 Å². The molecule has 0 aliphatic carbocycles. The molecule has 2 aromatic heterocycles. The molecule has 0 bridgehead atoms. The lowest BCUT2D eigenvalue weighted by Gasteiger charge is -2.07. The summed E-state index contributed by atoms with van der Waals surface area (Å²) in [6, 6.07) is 12.6. The lowest BCUT2D eigenvalue weighted by molar-refractivity contribution is 0.0943. The minimum Gasteiger partial charge on any atom is -0.467 e. The van der Waals surface area contributed by atoms with Crippen molar-refractivity contribution in [1.82, 2.24) is 15.3 Å². The highest BCUT2D eigenvalue weighted by Gasteiger charge is 2.09. The quantitative estimate of drug-likeness (QED) is 0.718. The number of hydrogen-bond donors (Lipinski definition) is 2. The minimum absolute atomic E-state index is 0.287. The predicted octanol–water partition coefficient (Wildman–Crippen LogP) is 3.27. The first kappa shape index (κ1) is 16.0. The molecule has 0 atom stereocenters. The molecule has 0 saturated carbocycles. The summed E-state index contributed by atoms with van der Waals surface area (Å²) in [6.45, 7) is 0.845. The lowest BCUT2D eigenvalue weighted by Crippen LogP contribution is -2.24. The standard InChI is InChI=1S/C17H15ClN4O2/c18-13-5-3-12(4-6-13)10-21-17-19-8-7-15(22-17)16(23)20-11-14-2-1-9-24-14/h1-9H,10-11H2,(H,20,23)(H,19,21,22). The number of nitrogens with zero attached hydrogens (tertiary/aromatic N) is 2. The molecule has 24 heavy (non-hydrogen) atoms. The molecular formula is C17H15ClN4O2. The number of nitrogens with one attached hydrogen (secondary N) is 2. The number of carbonyl (C=O) groups excluding carboxylic acids is 1. The van der Waals surface area contributed by atoms with Crippen LogP contribution in [-0.4, -0.2) is 15.9 Å². The zero-order valence-electron chi connectivity index (χ0n) is 12.7. The number of benzene rings is 1. The number of anilines is 1. The van der Waals surface area contributed by atoms with E-state index in [0.29, 0.717) is 29.8 Å². The normalized spacial score (nSPS) is 10.4. The fraction of sp³-hybridized carbons (Fsp3) is 0.118. The van der Waals surface area contributed by atoms with Crippen LogP contribution in [0.4, 0.5) is 5.95 Å². The van der Waals surface area contributed by atoms with Gasteiger partial charge in [-0.1, -0.05) is 23.7 Å². The first-order chi connectivity index (χ1) is 11.7. The number of amides is 1. The van der Waals surface area contributed by atoms with E-state index in [1.165, 1.54) is 0 Å². The molecule has 3 aromatic rings. The van der Waals surface area contributed by atoms with Crippen LogP contribution >= 0.6 is 11.6 Å². The van der Waals surface area contributed by atoms with Crippen LogP contribution in [0.2, 0.25) is 5.02 Å². The summed E-state index contributed by atoms with van der Waals surface area (Å²) in [6.07, 6.45) is 3.10. The first-order valence-electron chi connectivity index (χ1n) is 7.32. The Hall–Kier alpha value is -2.86. The van der Waals surface area contributed by atoms with E-state index >= 15 is 0 Å². The van der Waals surface area contributed by atoms with Gasteiger partial charge in [-0.2, -0.15) is 0 Å². The van der Waals surface area contributed by atoms with Crippen molar-refractivity contribution in [3.63, 3.8) is 0 Å². The first-order valence-corrected chi connectivity index (χ1v) is 7.70. The van der Waals surface area contributed by atoms with Crippen molar-refractivity contribution in [3.8, 4) is 0 Å². The monoisotopic (exact) mass is 342 g/mol. The number of carbonyl (C=O) groups is 1. The van der Waals surface area contributed by atoms with E-state index in [1.54, 1.807) is 30.7 Å². The molecule has 6 nitrogen and oxygen atoms in total. The molecular weight excluding hydrogens is 328 g/mol. The molecule has 2 N–H and O–H groups in total. The molecule has 3 rings (SSSR count). The summed E-state index contributed by atoms with van der Waals surface area (Å²) in [5, 5.41) is 6.51. The molecule has 1 amide bonds. The Labute approximate surface area is 143 Å². The maximum atomic E-state index is 12.1. The van der Waals surface area contributed by atoms with Crippen molar-refractivity contribution in [2.45, 2.75) is 13.1 Å². The maximum Gasteiger partial charge on any atom is 0.270 e. The Morgan fingerprint density at radius 1 is 1.12 bits per heavy atom. The molecule has 122 valence electrons. The van der Waals surface area contributed by atoms with E-state index in [0.717, 1.165) is 5.56 Å². The second-order valence-electron chi connectivity index (χ2n) is 5.01. The van der Waals surface area contributed by atoms with E-state index in [1.807, 2.05) is 24.3 Å². The number of furan rings is 1. The molecule has 0 aliphatic rings. The van der Waals surface area contributed by atoms with Crippen LogP contribution in [0.15, 0.2) is 59.3 Å². The predicted molar refractivity (Wildman–Crippen MR) is 90.7 cm³/mol. The Kier molecular flexibility index (Phi) is 5.08. The Morgan fingerprint density at radius 2 is 1.96 bits per heavy atom.